The fraction of sp³-hybridized carbons (Fsp3) is 0.357. The van der Waals surface area contributed by atoms with Crippen LogP contribution in [0.25, 0.3) is 12.2 Å². The maximum atomic E-state index is 13.3. The fourth-order valence-corrected chi connectivity index (χ4v) is 6.09. The Kier molecular flexibility index (Phi) is 3.58. The van der Waals surface area contributed by atoms with Gasteiger partial charge < -0.3 is 18.9 Å². The first-order valence-corrected chi connectivity index (χ1v) is 11.7. The first-order chi connectivity index (χ1) is 16.1. The van der Waals surface area contributed by atoms with Gasteiger partial charge in [0.25, 0.3) is 0 Å². The van der Waals surface area contributed by atoms with Gasteiger partial charge in [-0.25, -0.2) is 0 Å². The number of rotatable bonds is 0. The Balaban J connectivity index is 1.33. The van der Waals surface area contributed by atoms with Crippen LogP contribution in [0, 0.1) is 11.8 Å². The minimum Gasteiger partial charge on any atom is -0.483 e. The fourth-order valence-electron chi connectivity index (χ4n) is 6.09. The van der Waals surface area contributed by atoms with Crippen LogP contribution in [-0.4, -0.2) is 23.1 Å². The van der Waals surface area contributed by atoms with Crippen molar-refractivity contribution in [3.05, 3.63) is 58.7 Å². The van der Waals surface area contributed by atoms with Gasteiger partial charge in [0.2, 0.25) is 0 Å². The summed E-state index contributed by atoms with van der Waals surface area (Å²) in [7, 11) is 0. The maximum absolute atomic E-state index is 13.3. The van der Waals surface area contributed by atoms with Crippen molar-refractivity contribution in [1.29, 1.82) is 0 Å². The van der Waals surface area contributed by atoms with Crippen LogP contribution in [0.15, 0.2) is 36.4 Å². The van der Waals surface area contributed by atoms with Gasteiger partial charge in [0.05, 0.1) is 23.0 Å². The normalized spacial score (nSPS) is 29.9. The third kappa shape index (κ3) is 2.51. The summed E-state index contributed by atoms with van der Waals surface area (Å²) in [5, 5.41) is 0. The van der Waals surface area contributed by atoms with Crippen molar-refractivity contribution in [1.82, 2.24) is 0 Å². The minimum atomic E-state index is -0.437. The molecule has 4 heterocycles. The number of ether oxygens (including phenoxy) is 4. The number of esters is 2. The molecule has 0 saturated heterocycles. The Hall–Kier alpha value is -3.54. The van der Waals surface area contributed by atoms with Crippen LogP contribution in [0.4, 0.5) is 0 Å². The lowest BCUT2D eigenvalue weighted by Gasteiger charge is -2.54. The highest BCUT2D eigenvalue weighted by molar-refractivity contribution is 5.93. The van der Waals surface area contributed by atoms with Crippen molar-refractivity contribution in [3.8, 4) is 23.0 Å². The molecule has 1 saturated carbocycles. The summed E-state index contributed by atoms with van der Waals surface area (Å²) in [5.74, 6) is 0.290. The minimum absolute atomic E-state index is 0.280. The van der Waals surface area contributed by atoms with Crippen LogP contribution in [0.1, 0.15) is 61.8 Å². The number of fused-ring (bicyclic) bond motifs is 12. The van der Waals surface area contributed by atoms with Crippen LogP contribution in [-0.2, 0) is 9.59 Å². The molecule has 172 valence electrons. The van der Waals surface area contributed by atoms with Crippen molar-refractivity contribution in [2.75, 3.05) is 0 Å². The average Bonchev–Trinajstić information content (AvgIpc) is 2.73. The Bertz CT molecular complexity index is 1260. The van der Waals surface area contributed by atoms with Crippen LogP contribution >= 0.6 is 0 Å². The highest BCUT2D eigenvalue weighted by atomic mass is 16.6. The van der Waals surface area contributed by atoms with Crippen LogP contribution in [0.2, 0.25) is 0 Å². The summed E-state index contributed by atoms with van der Waals surface area (Å²) >= 11 is 0. The molecule has 2 aromatic rings. The van der Waals surface area contributed by atoms with Gasteiger partial charge in [-0.2, -0.15) is 0 Å². The Morgan fingerprint density at radius 2 is 1.03 bits per heavy atom. The van der Waals surface area contributed by atoms with Crippen molar-refractivity contribution in [2.45, 2.75) is 50.7 Å². The Morgan fingerprint density at radius 1 is 0.618 bits per heavy atom. The quantitative estimate of drug-likeness (QED) is 0.410. The standard InChI is InChI=1S/C28H24O6/c1-27(2)11-9-13-17(33-27)7-5-15-19-21(25(29)31-23(13)15)20-16-6-8-18-14(10-12-28(3,4)34-18)24(16)32-26(30)22(19)20/h5-12,19-22H,1-4H3. The molecule has 0 amide bonds. The largest absolute Gasteiger partial charge is 0.483 e. The van der Waals surface area contributed by atoms with Crippen molar-refractivity contribution in [2.24, 2.45) is 11.8 Å². The van der Waals surface area contributed by atoms with Gasteiger partial charge in [-0.1, -0.05) is 12.1 Å². The third-order valence-electron chi connectivity index (χ3n) is 7.64. The molecule has 0 N–H and O–H groups in total. The van der Waals surface area contributed by atoms with Gasteiger partial charge in [0, 0.05) is 23.0 Å². The first-order valence-electron chi connectivity index (χ1n) is 11.7. The molecule has 34 heavy (non-hydrogen) atoms. The molecule has 6 nitrogen and oxygen atoms in total. The molecule has 0 unspecified atom stereocenters. The number of carbonyl (C=O) groups is 2. The van der Waals surface area contributed by atoms with Gasteiger partial charge in [-0.05, 0) is 64.1 Å². The number of hydrogen-bond donors (Lipinski definition) is 0. The molecule has 0 bridgehead atoms. The lowest BCUT2D eigenvalue weighted by molar-refractivity contribution is -0.161. The molecule has 5 aliphatic rings. The monoisotopic (exact) mass is 456 g/mol. The molecule has 0 radical (unpaired) electrons. The molecule has 4 aliphatic heterocycles. The zero-order chi connectivity index (χ0) is 23.6. The maximum Gasteiger partial charge on any atom is 0.315 e. The van der Waals surface area contributed by atoms with Gasteiger partial charge in [0.1, 0.15) is 34.2 Å². The molecule has 1 aliphatic carbocycles. The second kappa shape index (κ2) is 6.12. The van der Waals surface area contributed by atoms with E-state index in [0.717, 1.165) is 22.3 Å². The summed E-state index contributed by atoms with van der Waals surface area (Å²) < 4.78 is 23.9. The molecular formula is C28H24O6. The molecule has 2 aromatic carbocycles. The molecular weight excluding hydrogens is 432 g/mol. The van der Waals surface area contributed by atoms with E-state index < -0.39 is 23.0 Å². The van der Waals surface area contributed by atoms with Crippen molar-refractivity contribution < 1.29 is 28.5 Å². The summed E-state index contributed by atoms with van der Waals surface area (Å²) in [6.07, 6.45) is 7.78. The van der Waals surface area contributed by atoms with Crippen LogP contribution < -0.4 is 18.9 Å². The van der Waals surface area contributed by atoms with Gasteiger partial charge in [-0.15, -0.1) is 0 Å². The van der Waals surface area contributed by atoms with E-state index in [9.17, 15) is 9.59 Å². The molecule has 0 spiro atoms. The van der Waals surface area contributed by atoms with E-state index >= 15 is 0 Å². The van der Waals surface area contributed by atoms with E-state index in [1.807, 2.05) is 76.3 Å². The number of carbonyl (C=O) groups excluding carboxylic acids is 2. The van der Waals surface area contributed by atoms with Crippen molar-refractivity contribution >= 4 is 24.1 Å². The highest BCUT2D eigenvalue weighted by Gasteiger charge is 2.65. The van der Waals surface area contributed by atoms with Crippen molar-refractivity contribution in [3.63, 3.8) is 0 Å². The Morgan fingerprint density at radius 3 is 1.44 bits per heavy atom. The molecule has 0 atom stereocenters. The van der Waals surface area contributed by atoms with E-state index in [1.54, 1.807) is 0 Å². The molecule has 6 heteroatoms. The van der Waals surface area contributed by atoms with E-state index in [0.29, 0.717) is 23.0 Å². The summed E-state index contributed by atoms with van der Waals surface area (Å²) in [6.45, 7) is 7.89. The summed E-state index contributed by atoms with van der Waals surface area (Å²) in [5.41, 5.74) is 2.34. The zero-order valence-electron chi connectivity index (χ0n) is 19.4. The average molecular weight is 456 g/mol. The highest BCUT2D eigenvalue weighted by Crippen LogP contribution is 2.66. The molecule has 7 rings (SSSR count). The van der Waals surface area contributed by atoms with E-state index in [4.69, 9.17) is 18.9 Å². The Labute approximate surface area is 197 Å². The van der Waals surface area contributed by atoms with Gasteiger partial charge >= 0.3 is 11.9 Å². The van der Waals surface area contributed by atoms with Gasteiger partial charge in [0.15, 0.2) is 0 Å². The number of benzene rings is 2. The smallest absolute Gasteiger partial charge is 0.315 e. The number of hydrogen-bond acceptors (Lipinski definition) is 6. The van der Waals surface area contributed by atoms with E-state index in [2.05, 4.69) is 0 Å². The van der Waals surface area contributed by atoms with Gasteiger partial charge in [-0.3, -0.25) is 9.59 Å². The third-order valence-corrected chi connectivity index (χ3v) is 7.64. The zero-order valence-corrected chi connectivity index (χ0v) is 19.4. The molecule has 1 fully saturated rings. The predicted molar refractivity (Wildman–Crippen MR) is 124 cm³/mol. The van der Waals surface area contributed by atoms with Crippen LogP contribution in [0.5, 0.6) is 23.0 Å². The topological polar surface area (TPSA) is 71.1 Å². The molecule has 0 aromatic heterocycles. The lowest BCUT2D eigenvalue weighted by Crippen LogP contribution is -2.57. The SMILES string of the molecule is CC1(C)C=Cc2c(ccc3c2OC(=O)C2C3C3C(=O)Oc4c(ccc5c4C=CC(C)(C)O5)C23)O1. The summed E-state index contributed by atoms with van der Waals surface area (Å²) in [6, 6.07) is 7.67. The first kappa shape index (κ1) is 19.9. The van der Waals surface area contributed by atoms with E-state index in [-0.39, 0.29) is 23.8 Å². The summed E-state index contributed by atoms with van der Waals surface area (Å²) in [4.78, 5) is 26.6. The van der Waals surface area contributed by atoms with Crippen LogP contribution in [0.3, 0.4) is 0 Å². The van der Waals surface area contributed by atoms with E-state index in [1.165, 1.54) is 0 Å². The second-order valence-corrected chi connectivity index (χ2v) is 10.8. The lowest BCUT2D eigenvalue weighted by atomic mass is 9.50. The predicted octanol–water partition coefficient (Wildman–Crippen LogP) is 5.01. The second-order valence-electron chi connectivity index (χ2n) is 10.8.